The summed E-state index contributed by atoms with van der Waals surface area (Å²) in [7, 11) is 2.08. The van der Waals surface area contributed by atoms with Crippen LogP contribution in [0, 0.1) is 6.92 Å². The summed E-state index contributed by atoms with van der Waals surface area (Å²) in [6.07, 6.45) is 0. The van der Waals surface area contributed by atoms with Gasteiger partial charge in [0.05, 0.1) is 5.69 Å². The van der Waals surface area contributed by atoms with E-state index in [0.29, 0.717) is 6.04 Å². The van der Waals surface area contributed by atoms with Crippen molar-refractivity contribution in [3.63, 3.8) is 0 Å². The average molecular weight is 207 g/mol. The van der Waals surface area contributed by atoms with Crippen molar-refractivity contribution in [1.29, 1.82) is 0 Å². The summed E-state index contributed by atoms with van der Waals surface area (Å²) >= 11 is 0. The van der Waals surface area contributed by atoms with Gasteiger partial charge in [0.15, 0.2) is 0 Å². The van der Waals surface area contributed by atoms with Crippen molar-refractivity contribution < 1.29 is 0 Å². The number of pyridine rings is 1. The molecule has 0 aliphatic rings. The first-order valence-electron chi connectivity index (χ1n) is 5.39. The molecule has 3 nitrogen and oxygen atoms in total. The number of rotatable bonds is 4. The van der Waals surface area contributed by atoms with Crippen LogP contribution in [0.25, 0.3) is 0 Å². The minimum atomic E-state index is 0.180. The third-order valence-electron chi connectivity index (χ3n) is 2.81. The van der Waals surface area contributed by atoms with Gasteiger partial charge in [-0.3, -0.25) is 9.88 Å². The Hall–Kier alpha value is -0.930. The number of nitrogens with zero attached hydrogens (tertiary/aromatic N) is 2. The lowest BCUT2D eigenvalue weighted by molar-refractivity contribution is 0.222. The van der Waals surface area contributed by atoms with Crippen LogP contribution < -0.4 is 5.73 Å². The summed E-state index contributed by atoms with van der Waals surface area (Å²) in [6.45, 7) is 7.04. The molecule has 0 radical (unpaired) electrons. The fraction of sp³-hybridized carbons (Fsp3) is 0.583. The molecule has 15 heavy (non-hydrogen) atoms. The van der Waals surface area contributed by atoms with Crippen LogP contribution in [0.3, 0.4) is 0 Å². The topological polar surface area (TPSA) is 42.1 Å². The first-order valence-corrected chi connectivity index (χ1v) is 5.39. The quantitative estimate of drug-likeness (QED) is 0.814. The van der Waals surface area contributed by atoms with Crippen LogP contribution in [-0.4, -0.2) is 29.0 Å². The van der Waals surface area contributed by atoms with Crippen molar-refractivity contribution in [3.05, 3.63) is 29.6 Å². The van der Waals surface area contributed by atoms with Gasteiger partial charge in [-0.1, -0.05) is 6.07 Å². The van der Waals surface area contributed by atoms with Crippen molar-refractivity contribution in [2.75, 3.05) is 7.05 Å². The summed E-state index contributed by atoms with van der Waals surface area (Å²) in [4.78, 5) is 6.70. The fourth-order valence-electron chi connectivity index (χ4n) is 1.49. The molecule has 0 fully saturated rings. The number of hydrogen-bond donors (Lipinski definition) is 1. The summed E-state index contributed by atoms with van der Waals surface area (Å²) in [5.41, 5.74) is 8.02. The highest BCUT2D eigenvalue weighted by atomic mass is 15.1. The zero-order chi connectivity index (χ0) is 11.4. The summed E-state index contributed by atoms with van der Waals surface area (Å²) < 4.78 is 0. The van der Waals surface area contributed by atoms with Crippen molar-refractivity contribution in [2.24, 2.45) is 5.73 Å². The van der Waals surface area contributed by atoms with E-state index >= 15 is 0 Å². The Morgan fingerprint density at radius 1 is 1.40 bits per heavy atom. The molecular weight excluding hydrogens is 186 g/mol. The highest BCUT2D eigenvalue weighted by molar-refractivity contribution is 5.09. The smallest absolute Gasteiger partial charge is 0.0547 e. The minimum Gasteiger partial charge on any atom is -0.327 e. The molecule has 2 atom stereocenters. The number of aromatic nitrogens is 1. The molecule has 0 bridgehead atoms. The molecule has 1 heterocycles. The Bertz CT molecular complexity index is 309. The predicted octanol–water partition coefficient (Wildman–Crippen LogP) is 1.56. The van der Waals surface area contributed by atoms with E-state index in [1.165, 1.54) is 0 Å². The highest BCUT2D eigenvalue weighted by Gasteiger charge is 2.13. The molecule has 2 unspecified atom stereocenters. The zero-order valence-electron chi connectivity index (χ0n) is 10.1. The lowest BCUT2D eigenvalue weighted by atomic mass is 10.1. The molecule has 2 N–H and O–H groups in total. The van der Waals surface area contributed by atoms with Gasteiger partial charge in [0, 0.05) is 24.3 Å². The summed E-state index contributed by atoms with van der Waals surface area (Å²) in [5.74, 6) is 0. The first-order chi connectivity index (χ1) is 7.00. The van der Waals surface area contributed by atoms with Gasteiger partial charge < -0.3 is 5.73 Å². The molecule has 1 aromatic rings. The molecule has 0 spiro atoms. The van der Waals surface area contributed by atoms with Crippen LogP contribution in [0.5, 0.6) is 0 Å². The molecule has 1 aromatic heterocycles. The van der Waals surface area contributed by atoms with E-state index in [-0.39, 0.29) is 6.04 Å². The maximum atomic E-state index is 5.86. The van der Waals surface area contributed by atoms with Gasteiger partial charge in [0.2, 0.25) is 0 Å². The van der Waals surface area contributed by atoms with Crippen molar-refractivity contribution in [3.8, 4) is 0 Å². The lowest BCUT2D eigenvalue weighted by Crippen LogP contribution is -2.41. The van der Waals surface area contributed by atoms with Crippen LogP contribution in [0.15, 0.2) is 18.2 Å². The van der Waals surface area contributed by atoms with Gasteiger partial charge in [-0.2, -0.15) is 0 Å². The van der Waals surface area contributed by atoms with Crippen LogP contribution in [0.2, 0.25) is 0 Å². The van der Waals surface area contributed by atoms with Crippen molar-refractivity contribution in [1.82, 2.24) is 9.88 Å². The molecule has 0 saturated heterocycles. The molecular formula is C12H21N3. The molecule has 3 heteroatoms. The molecule has 84 valence electrons. The number of aryl methyl sites for hydroxylation is 1. The van der Waals surface area contributed by atoms with E-state index in [1.807, 2.05) is 26.0 Å². The van der Waals surface area contributed by atoms with E-state index < -0.39 is 0 Å². The second-order valence-corrected chi connectivity index (χ2v) is 4.29. The minimum absolute atomic E-state index is 0.180. The molecule has 1 rings (SSSR count). The lowest BCUT2D eigenvalue weighted by Gasteiger charge is -2.27. The average Bonchev–Trinajstić information content (AvgIpc) is 2.16. The Morgan fingerprint density at radius 3 is 2.60 bits per heavy atom. The maximum absolute atomic E-state index is 5.86. The summed E-state index contributed by atoms with van der Waals surface area (Å²) in [6, 6.07) is 6.66. The van der Waals surface area contributed by atoms with Gasteiger partial charge >= 0.3 is 0 Å². The Kier molecular flexibility index (Phi) is 4.24. The van der Waals surface area contributed by atoms with Crippen LogP contribution >= 0.6 is 0 Å². The van der Waals surface area contributed by atoms with Crippen molar-refractivity contribution in [2.45, 2.75) is 39.4 Å². The molecule has 0 aliphatic heterocycles. The third kappa shape index (κ3) is 3.61. The molecule has 0 saturated carbocycles. The van der Waals surface area contributed by atoms with E-state index in [9.17, 15) is 0 Å². The van der Waals surface area contributed by atoms with Gasteiger partial charge in [-0.05, 0) is 40.0 Å². The van der Waals surface area contributed by atoms with E-state index in [4.69, 9.17) is 5.73 Å². The van der Waals surface area contributed by atoms with Crippen molar-refractivity contribution >= 4 is 0 Å². The van der Waals surface area contributed by atoms with Crippen LogP contribution in [0.1, 0.15) is 25.2 Å². The Balaban J connectivity index is 2.62. The zero-order valence-corrected chi connectivity index (χ0v) is 10.1. The van der Waals surface area contributed by atoms with Crippen LogP contribution in [-0.2, 0) is 6.54 Å². The normalized spacial score (nSPS) is 15.3. The predicted molar refractivity (Wildman–Crippen MR) is 63.6 cm³/mol. The first kappa shape index (κ1) is 12.1. The maximum Gasteiger partial charge on any atom is 0.0547 e. The van der Waals surface area contributed by atoms with Crippen LogP contribution in [0.4, 0.5) is 0 Å². The van der Waals surface area contributed by atoms with E-state index in [0.717, 1.165) is 17.9 Å². The number of hydrogen-bond acceptors (Lipinski definition) is 3. The SMILES string of the molecule is Cc1cccc(CN(C)C(C)C(C)N)n1. The van der Waals surface area contributed by atoms with Gasteiger partial charge in [0.1, 0.15) is 0 Å². The monoisotopic (exact) mass is 207 g/mol. The highest BCUT2D eigenvalue weighted by Crippen LogP contribution is 2.06. The van der Waals surface area contributed by atoms with Gasteiger partial charge in [0.25, 0.3) is 0 Å². The Morgan fingerprint density at radius 2 is 2.07 bits per heavy atom. The number of likely N-dealkylation sites (N-methyl/N-ethyl adjacent to an activating group) is 1. The third-order valence-corrected chi connectivity index (χ3v) is 2.81. The largest absolute Gasteiger partial charge is 0.327 e. The molecule has 0 amide bonds. The van der Waals surface area contributed by atoms with E-state index in [1.54, 1.807) is 0 Å². The summed E-state index contributed by atoms with van der Waals surface area (Å²) in [5, 5.41) is 0. The standard InChI is InChI=1S/C12H21N3/c1-9-6-5-7-12(14-9)8-15(4)11(3)10(2)13/h5-7,10-11H,8,13H2,1-4H3. The molecule has 0 aromatic carbocycles. The molecule has 0 aliphatic carbocycles. The van der Waals surface area contributed by atoms with Gasteiger partial charge in [-0.25, -0.2) is 0 Å². The second-order valence-electron chi connectivity index (χ2n) is 4.29. The van der Waals surface area contributed by atoms with E-state index in [2.05, 4.69) is 29.9 Å². The second kappa shape index (κ2) is 5.24. The van der Waals surface area contributed by atoms with Gasteiger partial charge in [-0.15, -0.1) is 0 Å². The number of nitrogens with two attached hydrogens (primary N) is 1. The fourth-order valence-corrected chi connectivity index (χ4v) is 1.49. The Labute approximate surface area is 92.3 Å².